The highest BCUT2D eigenvalue weighted by Crippen LogP contribution is 2.16. The maximum absolute atomic E-state index is 12.0. The maximum Gasteiger partial charge on any atom is 0.261 e. The second kappa shape index (κ2) is 4.94. The summed E-state index contributed by atoms with van der Waals surface area (Å²) in [6.45, 7) is 0. The molecule has 0 aliphatic carbocycles. The first-order valence-corrected chi connectivity index (χ1v) is 6.75. The van der Waals surface area contributed by atoms with E-state index >= 15 is 0 Å². The molecule has 0 saturated heterocycles. The molecule has 0 bridgehead atoms. The third-order valence-corrected chi connectivity index (χ3v) is 3.73. The van der Waals surface area contributed by atoms with E-state index in [9.17, 15) is 8.42 Å². The summed E-state index contributed by atoms with van der Waals surface area (Å²) < 4.78 is 26.6. The lowest BCUT2D eigenvalue weighted by Crippen LogP contribution is -2.12. The van der Waals surface area contributed by atoms with E-state index in [4.69, 9.17) is 6.42 Å². The van der Waals surface area contributed by atoms with Crippen LogP contribution in [0, 0.1) is 12.3 Å². The summed E-state index contributed by atoms with van der Waals surface area (Å²) in [5.74, 6) is 2.46. The highest BCUT2D eigenvalue weighted by atomic mass is 32.2. The summed E-state index contributed by atoms with van der Waals surface area (Å²) in [5, 5.41) is 0. The number of benzene rings is 2. The molecule has 2 aromatic rings. The van der Waals surface area contributed by atoms with Gasteiger partial charge in [-0.1, -0.05) is 30.2 Å². The fraction of sp³-hybridized carbons (Fsp3) is 0. The highest BCUT2D eigenvalue weighted by Gasteiger charge is 2.13. The predicted molar refractivity (Wildman–Crippen MR) is 71.6 cm³/mol. The molecule has 0 aliphatic rings. The third kappa shape index (κ3) is 2.70. The Hall–Kier alpha value is -2.25. The monoisotopic (exact) mass is 257 g/mol. The Labute approximate surface area is 107 Å². The van der Waals surface area contributed by atoms with Crippen molar-refractivity contribution in [2.75, 3.05) is 4.72 Å². The minimum atomic E-state index is -3.56. The molecule has 0 unspecified atom stereocenters. The Bertz CT molecular complexity index is 685. The van der Waals surface area contributed by atoms with Crippen LogP contribution in [0.1, 0.15) is 5.56 Å². The van der Waals surface area contributed by atoms with E-state index in [2.05, 4.69) is 10.6 Å². The van der Waals surface area contributed by atoms with Crippen LogP contribution in [0.25, 0.3) is 0 Å². The fourth-order valence-electron chi connectivity index (χ4n) is 1.49. The molecule has 0 saturated carbocycles. The Morgan fingerprint density at radius 2 is 1.72 bits per heavy atom. The number of hydrogen-bond acceptors (Lipinski definition) is 2. The van der Waals surface area contributed by atoms with Crippen molar-refractivity contribution < 1.29 is 8.42 Å². The van der Waals surface area contributed by atoms with Crippen molar-refractivity contribution >= 4 is 15.7 Å². The normalized spacial score (nSPS) is 10.6. The predicted octanol–water partition coefficient (Wildman–Crippen LogP) is 2.47. The van der Waals surface area contributed by atoms with E-state index in [1.54, 1.807) is 42.5 Å². The van der Waals surface area contributed by atoms with E-state index in [1.165, 1.54) is 12.1 Å². The van der Waals surface area contributed by atoms with E-state index in [-0.39, 0.29) is 4.90 Å². The lowest BCUT2D eigenvalue weighted by Gasteiger charge is -2.08. The SMILES string of the molecule is C#Cc1cccc(NS(=O)(=O)c2ccccc2)c1. The Balaban J connectivity index is 2.32. The average molecular weight is 257 g/mol. The summed E-state index contributed by atoms with van der Waals surface area (Å²) in [5.41, 5.74) is 1.08. The lowest BCUT2D eigenvalue weighted by molar-refractivity contribution is 0.601. The van der Waals surface area contributed by atoms with Crippen LogP contribution in [0.4, 0.5) is 5.69 Å². The number of nitrogens with one attached hydrogen (secondary N) is 1. The van der Waals surface area contributed by atoms with Gasteiger partial charge in [0, 0.05) is 5.56 Å². The lowest BCUT2D eigenvalue weighted by atomic mass is 10.2. The summed E-state index contributed by atoms with van der Waals surface area (Å²) in [4.78, 5) is 0.219. The van der Waals surface area contributed by atoms with Crippen LogP contribution in [0.5, 0.6) is 0 Å². The Morgan fingerprint density at radius 1 is 1.00 bits per heavy atom. The van der Waals surface area contributed by atoms with Crippen LogP contribution in [-0.2, 0) is 10.0 Å². The van der Waals surface area contributed by atoms with Crippen molar-refractivity contribution in [2.45, 2.75) is 4.90 Å². The molecule has 0 aromatic heterocycles. The summed E-state index contributed by atoms with van der Waals surface area (Å²) in [7, 11) is -3.56. The van der Waals surface area contributed by atoms with Gasteiger partial charge >= 0.3 is 0 Å². The second-order valence-corrected chi connectivity index (χ2v) is 5.33. The van der Waals surface area contributed by atoms with E-state index < -0.39 is 10.0 Å². The van der Waals surface area contributed by atoms with E-state index in [0.717, 1.165) is 0 Å². The number of terminal acetylenes is 1. The second-order valence-electron chi connectivity index (χ2n) is 3.64. The fourth-order valence-corrected chi connectivity index (χ4v) is 2.56. The maximum atomic E-state index is 12.0. The number of anilines is 1. The van der Waals surface area contributed by atoms with E-state index in [0.29, 0.717) is 11.3 Å². The van der Waals surface area contributed by atoms with E-state index in [1.807, 2.05) is 0 Å². The third-order valence-electron chi connectivity index (χ3n) is 2.33. The molecule has 2 aromatic carbocycles. The highest BCUT2D eigenvalue weighted by molar-refractivity contribution is 7.92. The van der Waals surface area contributed by atoms with Gasteiger partial charge in [0.25, 0.3) is 10.0 Å². The van der Waals surface area contributed by atoms with Crippen LogP contribution < -0.4 is 4.72 Å². The van der Waals surface area contributed by atoms with Crippen LogP contribution >= 0.6 is 0 Å². The first-order chi connectivity index (χ1) is 8.62. The molecular formula is C14H11NO2S. The van der Waals surface area contributed by atoms with Crippen molar-refractivity contribution in [1.29, 1.82) is 0 Å². The van der Waals surface area contributed by atoms with Crippen LogP contribution in [-0.4, -0.2) is 8.42 Å². The van der Waals surface area contributed by atoms with Crippen molar-refractivity contribution in [3.05, 3.63) is 60.2 Å². The minimum Gasteiger partial charge on any atom is -0.280 e. The van der Waals surface area contributed by atoms with Gasteiger partial charge in [0.15, 0.2) is 0 Å². The zero-order chi connectivity index (χ0) is 13.0. The molecule has 2 rings (SSSR count). The van der Waals surface area contributed by atoms with Crippen molar-refractivity contribution in [1.82, 2.24) is 0 Å². The summed E-state index contributed by atoms with van der Waals surface area (Å²) in [6.07, 6.45) is 5.27. The molecule has 3 nitrogen and oxygen atoms in total. The topological polar surface area (TPSA) is 46.2 Å². The van der Waals surface area contributed by atoms with Gasteiger partial charge in [0.05, 0.1) is 10.6 Å². The largest absolute Gasteiger partial charge is 0.280 e. The van der Waals surface area contributed by atoms with Gasteiger partial charge < -0.3 is 0 Å². The molecule has 18 heavy (non-hydrogen) atoms. The van der Waals surface area contributed by atoms with Gasteiger partial charge in [-0.25, -0.2) is 8.42 Å². The minimum absolute atomic E-state index is 0.219. The smallest absolute Gasteiger partial charge is 0.261 e. The molecule has 0 heterocycles. The number of rotatable bonds is 3. The molecule has 0 aliphatic heterocycles. The molecule has 0 fully saturated rings. The summed E-state index contributed by atoms with van der Waals surface area (Å²) >= 11 is 0. The van der Waals surface area contributed by atoms with Gasteiger partial charge in [-0.05, 0) is 30.3 Å². The molecule has 90 valence electrons. The average Bonchev–Trinajstić information content (AvgIpc) is 2.39. The van der Waals surface area contributed by atoms with Crippen molar-refractivity contribution in [2.24, 2.45) is 0 Å². The number of hydrogen-bond donors (Lipinski definition) is 1. The first kappa shape index (κ1) is 12.2. The molecule has 0 atom stereocenters. The zero-order valence-corrected chi connectivity index (χ0v) is 10.3. The van der Waals surface area contributed by atoms with Gasteiger partial charge in [-0.3, -0.25) is 4.72 Å². The number of sulfonamides is 1. The standard InChI is InChI=1S/C14H11NO2S/c1-2-12-7-6-8-13(11-12)15-18(16,17)14-9-4-3-5-10-14/h1,3-11,15H. The molecule has 0 amide bonds. The van der Waals surface area contributed by atoms with Crippen molar-refractivity contribution in [3.8, 4) is 12.3 Å². The van der Waals surface area contributed by atoms with Crippen LogP contribution in [0.2, 0.25) is 0 Å². The Morgan fingerprint density at radius 3 is 2.39 bits per heavy atom. The van der Waals surface area contributed by atoms with Crippen LogP contribution in [0.3, 0.4) is 0 Å². The molecule has 0 spiro atoms. The quantitative estimate of drug-likeness (QED) is 0.859. The van der Waals surface area contributed by atoms with Crippen LogP contribution in [0.15, 0.2) is 59.5 Å². The Kier molecular flexibility index (Phi) is 3.35. The van der Waals surface area contributed by atoms with Gasteiger partial charge in [0.2, 0.25) is 0 Å². The molecule has 0 radical (unpaired) electrons. The van der Waals surface area contributed by atoms with Gasteiger partial charge in [-0.2, -0.15) is 0 Å². The summed E-state index contributed by atoms with van der Waals surface area (Å²) in [6, 6.07) is 14.9. The molecular weight excluding hydrogens is 246 g/mol. The van der Waals surface area contributed by atoms with Gasteiger partial charge in [-0.15, -0.1) is 6.42 Å². The molecule has 4 heteroatoms. The van der Waals surface area contributed by atoms with Crippen molar-refractivity contribution in [3.63, 3.8) is 0 Å². The molecule has 1 N–H and O–H groups in total. The zero-order valence-electron chi connectivity index (χ0n) is 9.50. The first-order valence-electron chi connectivity index (χ1n) is 5.26. The van der Waals surface area contributed by atoms with Gasteiger partial charge in [0.1, 0.15) is 0 Å².